The van der Waals surface area contributed by atoms with Crippen LogP contribution in [0.5, 0.6) is 5.75 Å². The van der Waals surface area contributed by atoms with Crippen molar-refractivity contribution in [2.45, 2.75) is 45.7 Å². The van der Waals surface area contributed by atoms with E-state index in [1.54, 1.807) is 43.6 Å². The van der Waals surface area contributed by atoms with Crippen molar-refractivity contribution in [3.05, 3.63) is 100 Å². The van der Waals surface area contributed by atoms with E-state index in [4.69, 9.17) is 4.74 Å². The average Bonchev–Trinajstić information content (AvgIpc) is 3.09. The Hall–Kier alpha value is -3.93. The minimum absolute atomic E-state index is 0.0633. The van der Waals surface area contributed by atoms with Gasteiger partial charge in [0.1, 0.15) is 11.5 Å². The summed E-state index contributed by atoms with van der Waals surface area (Å²) in [5, 5.41) is 11.6. The quantitative estimate of drug-likeness (QED) is 0.310. The summed E-state index contributed by atoms with van der Waals surface area (Å²) in [7, 11) is 1.56. The summed E-state index contributed by atoms with van der Waals surface area (Å²) >= 11 is 0. The molecule has 6 heteroatoms. The highest BCUT2D eigenvalue weighted by Gasteiger charge is 2.46. The lowest BCUT2D eigenvalue weighted by atomic mass is 9.84. The second kappa shape index (κ2) is 9.37. The molecule has 2 heterocycles. The summed E-state index contributed by atoms with van der Waals surface area (Å²) in [6.45, 7) is 8.27. The molecule has 3 aromatic rings. The van der Waals surface area contributed by atoms with Gasteiger partial charge in [-0.15, -0.1) is 0 Å². The molecule has 1 fully saturated rings. The third kappa shape index (κ3) is 4.69. The van der Waals surface area contributed by atoms with Gasteiger partial charge in [0.15, 0.2) is 0 Å². The number of Topliss-reactive ketones (excluding diaryl/α,β-unsaturated/α-hetero) is 1. The van der Waals surface area contributed by atoms with Crippen LogP contribution < -0.4 is 4.74 Å². The lowest BCUT2D eigenvalue weighted by molar-refractivity contribution is -0.140. The first-order valence-electron chi connectivity index (χ1n) is 11.6. The average molecular weight is 471 g/mol. The van der Waals surface area contributed by atoms with Gasteiger partial charge >= 0.3 is 0 Å². The normalized spacial score (nSPS) is 17.6. The molecule has 1 N–H and O–H groups in total. The SMILES string of the molecule is COc1cccc(C2/C(=C(\O)c3cc(C(C)(C)C)ccc3C)C(=O)C(=O)N2Cc2ccccn2)c1. The van der Waals surface area contributed by atoms with Gasteiger partial charge in [-0.2, -0.15) is 0 Å². The number of likely N-dealkylation sites (tertiary alicyclic amines) is 1. The van der Waals surface area contributed by atoms with Gasteiger partial charge < -0.3 is 14.7 Å². The van der Waals surface area contributed by atoms with Gasteiger partial charge in [0.05, 0.1) is 31.0 Å². The molecule has 180 valence electrons. The molecule has 0 aliphatic carbocycles. The van der Waals surface area contributed by atoms with E-state index in [0.717, 1.165) is 11.1 Å². The second-order valence-corrected chi connectivity index (χ2v) is 9.80. The molecule has 35 heavy (non-hydrogen) atoms. The highest BCUT2D eigenvalue weighted by Crippen LogP contribution is 2.41. The van der Waals surface area contributed by atoms with Crippen LogP contribution in [0.15, 0.2) is 72.4 Å². The summed E-state index contributed by atoms with van der Waals surface area (Å²) in [5.41, 5.74) is 3.61. The van der Waals surface area contributed by atoms with E-state index in [2.05, 4.69) is 25.8 Å². The number of aliphatic hydroxyl groups is 1. The molecule has 0 spiro atoms. The fourth-order valence-corrected chi connectivity index (χ4v) is 4.36. The summed E-state index contributed by atoms with van der Waals surface area (Å²) in [5.74, 6) is -0.971. The Balaban J connectivity index is 1.92. The van der Waals surface area contributed by atoms with Crippen LogP contribution in [0.1, 0.15) is 54.8 Å². The standard InChI is InChI=1S/C29H30N2O4/c1-18-12-13-20(29(2,3)4)16-23(18)26(32)24-25(19-9-8-11-22(15-19)35-5)31(28(34)27(24)33)17-21-10-6-7-14-30-21/h6-16,25,32H,17H2,1-5H3/b26-24+. The molecule has 2 aromatic carbocycles. The van der Waals surface area contributed by atoms with Crippen LogP contribution in [-0.2, 0) is 21.5 Å². The number of nitrogens with zero attached hydrogens (tertiary/aromatic N) is 2. The van der Waals surface area contributed by atoms with E-state index in [0.29, 0.717) is 22.6 Å². The third-order valence-electron chi connectivity index (χ3n) is 6.37. The number of rotatable bonds is 5. The van der Waals surface area contributed by atoms with E-state index in [-0.39, 0.29) is 23.3 Å². The molecule has 4 rings (SSSR count). The van der Waals surface area contributed by atoms with Crippen LogP contribution in [0.4, 0.5) is 0 Å². The molecule has 1 saturated heterocycles. The van der Waals surface area contributed by atoms with E-state index < -0.39 is 17.7 Å². The predicted octanol–water partition coefficient (Wildman–Crippen LogP) is 5.32. The number of hydrogen-bond donors (Lipinski definition) is 1. The lowest BCUT2D eigenvalue weighted by Gasteiger charge is -2.26. The topological polar surface area (TPSA) is 79.7 Å². The van der Waals surface area contributed by atoms with Crippen molar-refractivity contribution in [3.8, 4) is 5.75 Å². The molecule has 1 aromatic heterocycles. The van der Waals surface area contributed by atoms with Gasteiger partial charge in [0, 0.05) is 11.8 Å². The number of hydrogen-bond acceptors (Lipinski definition) is 5. The minimum Gasteiger partial charge on any atom is -0.507 e. The van der Waals surface area contributed by atoms with Crippen LogP contribution in [0.25, 0.3) is 5.76 Å². The van der Waals surface area contributed by atoms with Crippen LogP contribution in [0.3, 0.4) is 0 Å². The Labute approximate surface area is 205 Å². The Morgan fingerprint density at radius 1 is 1.06 bits per heavy atom. The summed E-state index contributed by atoms with van der Waals surface area (Å²) in [6.07, 6.45) is 1.65. The minimum atomic E-state index is -0.787. The summed E-state index contributed by atoms with van der Waals surface area (Å²) in [6, 6.07) is 17.7. The maximum atomic E-state index is 13.4. The first kappa shape index (κ1) is 24.2. The molecule has 6 nitrogen and oxygen atoms in total. The van der Waals surface area contributed by atoms with Gasteiger partial charge in [0.2, 0.25) is 0 Å². The van der Waals surface area contributed by atoms with Crippen LogP contribution in [0.2, 0.25) is 0 Å². The van der Waals surface area contributed by atoms with E-state index in [9.17, 15) is 14.7 Å². The Morgan fingerprint density at radius 3 is 2.49 bits per heavy atom. The highest BCUT2D eigenvalue weighted by molar-refractivity contribution is 6.46. The number of carbonyl (C=O) groups is 2. The van der Waals surface area contributed by atoms with Gasteiger partial charge in [0.25, 0.3) is 11.7 Å². The maximum absolute atomic E-state index is 13.4. The molecule has 1 unspecified atom stereocenters. The molecule has 0 radical (unpaired) electrons. The first-order chi connectivity index (χ1) is 16.6. The Morgan fingerprint density at radius 2 is 1.83 bits per heavy atom. The lowest BCUT2D eigenvalue weighted by Crippen LogP contribution is -2.29. The third-order valence-corrected chi connectivity index (χ3v) is 6.37. The number of pyridine rings is 1. The highest BCUT2D eigenvalue weighted by atomic mass is 16.5. The molecule has 1 aliphatic rings. The smallest absolute Gasteiger partial charge is 0.296 e. The van der Waals surface area contributed by atoms with Gasteiger partial charge in [-0.1, -0.05) is 51.1 Å². The zero-order chi connectivity index (χ0) is 25.3. The fourth-order valence-electron chi connectivity index (χ4n) is 4.36. The molecule has 1 amide bonds. The molecule has 1 atom stereocenters. The number of ketones is 1. The molecule has 1 aliphatic heterocycles. The van der Waals surface area contributed by atoms with Crippen molar-refractivity contribution >= 4 is 17.4 Å². The van der Waals surface area contributed by atoms with Crippen molar-refractivity contribution in [3.63, 3.8) is 0 Å². The van der Waals surface area contributed by atoms with Gasteiger partial charge in [-0.3, -0.25) is 14.6 Å². The van der Waals surface area contributed by atoms with Crippen LogP contribution in [0, 0.1) is 6.92 Å². The number of amides is 1. The Kier molecular flexibility index (Phi) is 6.48. The number of aryl methyl sites for hydroxylation is 1. The van der Waals surface area contributed by atoms with E-state index in [1.165, 1.54) is 4.90 Å². The van der Waals surface area contributed by atoms with Crippen molar-refractivity contribution < 1.29 is 19.4 Å². The largest absolute Gasteiger partial charge is 0.507 e. The molecule has 0 bridgehead atoms. The monoisotopic (exact) mass is 470 g/mol. The van der Waals surface area contributed by atoms with E-state index >= 15 is 0 Å². The number of ether oxygens (including phenoxy) is 1. The van der Waals surface area contributed by atoms with Gasteiger partial charge in [-0.05, 0) is 59.4 Å². The van der Waals surface area contributed by atoms with Crippen LogP contribution in [-0.4, -0.2) is 33.8 Å². The first-order valence-corrected chi connectivity index (χ1v) is 11.6. The van der Waals surface area contributed by atoms with E-state index in [1.807, 2.05) is 37.3 Å². The Bertz CT molecular complexity index is 1310. The van der Waals surface area contributed by atoms with Crippen molar-refractivity contribution in [1.29, 1.82) is 0 Å². The maximum Gasteiger partial charge on any atom is 0.296 e. The van der Waals surface area contributed by atoms with Crippen molar-refractivity contribution in [1.82, 2.24) is 9.88 Å². The second-order valence-electron chi connectivity index (χ2n) is 9.80. The number of aromatic nitrogens is 1. The zero-order valence-corrected chi connectivity index (χ0v) is 20.7. The number of carbonyl (C=O) groups excluding carboxylic acids is 2. The number of benzene rings is 2. The molecule has 0 saturated carbocycles. The summed E-state index contributed by atoms with van der Waals surface area (Å²) in [4.78, 5) is 32.5. The van der Waals surface area contributed by atoms with Crippen LogP contribution >= 0.6 is 0 Å². The fraction of sp³-hybridized carbons (Fsp3) is 0.276. The number of aliphatic hydroxyl groups excluding tert-OH is 1. The number of methoxy groups -OCH3 is 1. The van der Waals surface area contributed by atoms with Crippen molar-refractivity contribution in [2.75, 3.05) is 7.11 Å². The molecular weight excluding hydrogens is 440 g/mol. The van der Waals surface area contributed by atoms with Gasteiger partial charge in [-0.25, -0.2) is 0 Å². The molecular formula is C29H30N2O4. The predicted molar refractivity (Wildman–Crippen MR) is 135 cm³/mol. The zero-order valence-electron chi connectivity index (χ0n) is 20.7. The summed E-state index contributed by atoms with van der Waals surface area (Å²) < 4.78 is 5.39. The van der Waals surface area contributed by atoms with Crippen molar-refractivity contribution in [2.24, 2.45) is 0 Å².